The monoisotopic (exact) mass is 564 g/mol. The summed E-state index contributed by atoms with van der Waals surface area (Å²) in [5, 5.41) is 6.07. The van der Waals surface area contributed by atoms with Crippen LogP contribution in [-0.4, -0.2) is 59.7 Å². The van der Waals surface area contributed by atoms with Crippen molar-refractivity contribution in [1.82, 2.24) is 20.2 Å². The Morgan fingerprint density at radius 2 is 1.91 bits per heavy atom. The molecule has 1 aliphatic heterocycles. The summed E-state index contributed by atoms with van der Waals surface area (Å²) in [5.74, 6) is 1.60. The molecule has 1 aromatic carbocycles. The number of benzene rings is 1. The molecule has 0 bridgehead atoms. The predicted molar refractivity (Wildman–Crippen MR) is 129 cm³/mol. The average molecular weight is 564 g/mol. The van der Waals surface area contributed by atoms with Crippen LogP contribution in [0, 0.1) is 0 Å². The molecule has 1 saturated heterocycles. The predicted octanol–water partition coefficient (Wildman–Crippen LogP) is 4.03. The first-order valence-electron chi connectivity index (χ1n) is 10.3. The van der Waals surface area contributed by atoms with Gasteiger partial charge in [-0.15, -0.1) is 24.0 Å². The standard InChI is InChI=1S/C21H27F3N6O.HI/c1-2-25-20(28-13-12-27-19-26-11-8-18(29-19)21(22,23)24)30-14-9-17(10-15-30)31-16-6-4-3-5-7-16;/h3-8,11,17H,2,9-10,12-15H2,1H3,(H,25,28)(H,26,27,29);1H. The van der Waals surface area contributed by atoms with Crippen molar-refractivity contribution in [2.24, 2.45) is 4.99 Å². The van der Waals surface area contributed by atoms with Crippen molar-refractivity contribution in [3.63, 3.8) is 0 Å². The number of hydrogen-bond donors (Lipinski definition) is 2. The number of aliphatic imine (C=N–C) groups is 1. The van der Waals surface area contributed by atoms with Gasteiger partial charge in [0.2, 0.25) is 5.95 Å². The molecule has 3 rings (SSSR count). The number of aromatic nitrogens is 2. The molecule has 0 spiro atoms. The highest BCUT2D eigenvalue weighted by molar-refractivity contribution is 14.0. The van der Waals surface area contributed by atoms with Crippen LogP contribution in [0.1, 0.15) is 25.5 Å². The van der Waals surface area contributed by atoms with Crippen molar-refractivity contribution in [3.05, 3.63) is 48.3 Å². The Kier molecular flexibility index (Phi) is 10.3. The molecule has 2 aromatic rings. The van der Waals surface area contributed by atoms with Gasteiger partial charge in [0.25, 0.3) is 0 Å². The molecule has 176 valence electrons. The SMILES string of the molecule is CCNC(=NCCNc1nccc(C(F)(F)F)n1)N1CCC(Oc2ccccc2)CC1.I. The van der Waals surface area contributed by atoms with Gasteiger partial charge >= 0.3 is 6.18 Å². The third kappa shape index (κ3) is 7.99. The largest absolute Gasteiger partial charge is 0.490 e. The van der Waals surface area contributed by atoms with E-state index in [0.29, 0.717) is 13.1 Å². The van der Waals surface area contributed by atoms with E-state index in [-0.39, 0.29) is 36.0 Å². The van der Waals surface area contributed by atoms with E-state index >= 15 is 0 Å². The van der Waals surface area contributed by atoms with Crippen LogP contribution >= 0.6 is 24.0 Å². The summed E-state index contributed by atoms with van der Waals surface area (Å²) in [6, 6.07) is 10.6. The number of halogens is 4. The van der Waals surface area contributed by atoms with Crippen molar-refractivity contribution in [2.75, 3.05) is 38.0 Å². The summed E-state index contributed by atoms with van der Waals surface area (Å²) in [5.41, 5.74) is -0.970. The highest BCUT2D eigenvalue weighted by atomic mass is 127. The van der Waals surface area contributed by atoms with Crippen LogP contribution in [-0.2, 0) is 6.18 Å². The minimum atomic E-state index is -4.49. The van der Waals surface area contributed by atoms with Gasteiger partial charge in [-0.1, -0.05) is 18.2 Å². The molecule has 32 heavy (non-hydrogen) atoms. The van der Waals surface area contributed by atoms with E-state index in [9.17, 15) is 13.2 Å². The third-order valence-corrected chi connectivity index (χ3v) is 4.72. The maximum Gasteiger partial charge on any atom is 0.433 e. The second-order valence-corrected chi connectivity index (χ2v) is 7.04. The van der Waals surface area contributed by atoms with Crippen LogP contribution in [0.4, 0.5) is 19.1 Å². The lowest BCUT2D eigenvalue weighted by Gasteiger charge is -2.34. The van der Waals surface area contributed by atoms with Gasteiger partial charge in [0.1, 0.15) is 17.5 Å². The highest BCUT2D eigenvalue weighted by Gasteiger charge is 2.32. The normalized spacial score (nSPS) is 15.1. The number of anilines is 1. The van der Waals surface area contributed by atoms with Gasteiger partial charge in [-0.2, -0.15) is 13.2 Å². The second-order valence-electron chi connectivity index (χ2n) is 7.04. The molecule has 0 amide bonds. The Hall–Kier alpha value is -2.31. The molecule has 0 unspecified atom stereocenters. The molecular weight excluding hydrogens is 536 g/mol. The van der Waals surface area contributed by atoms with Crippen molar-refractivity contribution in [2.45, 2.75) is 32.0 Å². The van der Waals surface area contributed by atoms with E-state index in [2.05, 4.69) is 30.5 Å². The van der Waals surface area contributed by atoms with Gasteiger partial charge in [0, 0.05) is 45.2 Å². The quantitative estimate of drug-likeness (QED) is 0.229. The van der Waals surface area contributed by atoms with Crippen molar-refractivity contribution >= 4 is 35.9 Å². The van der Waals surface area contributed by atoms with E-state index in [4.69, 9.17) is 4.74 Å². The van der Waals surface area contributed by atoms with Gasteiger partial charge < -0.3 is 20.3 Å². The summed E-state index contributed by atoms with van der Waals surface area (Å²) >= 11 is 0. The van der Waals surface area contributed by atoms with Gasteiger partial charge in [-0.05, 0) is 25.1 Å². The van der Waals surface area contributed by atoms with Crippen molar-refractivity contribution < 1.29 is 17.9 Å². The molecule has 1 aromatic heterocycles. The zero-order valence-electron chi connectivity index (χ0n) is 17.8. The van der Waals surface area contributed by atoms with Gasteiger partial charge in [-0.25, -0.2) is 9.97 Å². The van der Waals surface area contributed by atoms with Crippen LogP contribution in [0.25, 0.3) is 0 Å². The lowest BCUT2D eigenvalue weighted by Crippen LogP contribution is -2.47. The summed E-state index contributed by atoms with van der Waals surface area (Å²) in [6.07, 6.45) is -1.47. The zero-order chi connectivity index (χ0) is 22.1. The number of nitrogens with zero attached hydrogens (tertiary/aromatic N) is 4. The van der Waals surface area contributed by atoms with Gasteiger partial charge in [-0.3, -0.25) is 4.99 Å². The molecule has 1 fully saturated rings. The van der Waals surface area contributed by atoms with Crippen LogP contribution < -0.4 is 15.4 Å². The smallest absolute Gasteiger partial charge is 0.433 e. The Bertz CT molecular complexity index is 845. The molecular formula is C21H28F3IN6O. The lowest BCUT2D eigenvalue weighted by atomic mass is 10.1. The summed E-state index contributed by atoms with van der Waals surface area (Å²) in [6.45, 7) is 5.05. The molecule has 0 saturated carbocycles. The zero-order valence-corrected chi connectivity index (χ0v) is 20.1. The maximum absolute atomic E-state index is 12.7. The van der Waals surface area contributed by atoms with E-state index in [1.165, 1.54) is 0 Å². The minimum absolute atomic E-state index is 0. The highest BCUT2D eigenvalue weighted by Crippen LogP contribution is 2.27. The Labute approximate surface area is 202 Å². The fraction of sp³-hybridized carbons (Fsp3) is 0.476. The number of likely N-dealkylation sites (tertiary alicyclic amines) is 1. The van der Waals surface area contributed by atoms with Crippen LogP contribution in [0.15, 0.2) is 47.6 Å². The van der Waals surface area contributed by atoms with Crippen LogP contribution in [0.2, 0.25) is 0 Å². The number of hydrogen-bond acceptors (Lipinski definition) is 5. The average Bonchev–Trinajstić information content (AvgIpc) is 2.77. The third-order valence-electron chi connectivity index (χ3n) is 4.72. The van der Waals surface area contributed by atoms with E-state index in [0.717, 1.165) is 56.4 Å². The molecule has 2 heterocycles. The number of rotatable bonds is 7. The molecule has 0 atom stereocenters. The molecule has 1 aliphatic rings. The second kappa shape index (κ2) is 12.7. The first kappa shape index (κ1) is 25.9. The van der Waals surface area contributed by atoms with Crippen molar-refractivity contribution in [1.29, 1.82) is 0 Å². The molecule has 7 nitrogen and oxygen atoms in total. The van der Waals surface area contributed by atoms with Gasteiger partial charge in [0.05, 0.1) is 6.54 Å². The van der Waals surface area contributed by atoms with E-state index < -0.39 is 11.9 Å². The minimum Gasteiger partial charge on any atom is -0.490 e. The number of alkyl halides is 3. The lowest BCUT2D eigenvalue weighted by molar-refractivity contribution is -0.141. The fourth-order valence-corrected chi connectivity index (χ4v) is 3.23. The number of para-hydroxylation sites is 1. The summed E-state index contributed by atoms with van der Waals surface area (Å²) in [4.78, 5) is 14.1. The number of guanidine groups is 1. The molecule has 0 aliphatic carbocycles. The first-order chi connectivity index (χ1) is 15.0. The van der Waals surface area contributed by atoms with Gasteiger partial charge in [0.15, 0.2) is 5.96 Å². The number of ether oxygens (including phenoxy) is 1. The molecule has 2 N–H and O–H groups in total. The maximum atomic E-state index is 12.7. The van der Waals surface area contributed by atoms with Crippen LogP contribution in [0.5, 0.6) is 5.75 Å². The topological polar surface area (TPSA) is 74.7 Å². The van der Waals surface area contributed by atoms with Crippen LogP contribution in [0.3, 0.4) is 0 Å². The summed E-state index contributed by atoms with van der Waals surface area (Å²) in [7, 11) is 0. The Balaban J connectivity index is 0.00000363. The number of nitrogens with one attached hydrogen (secondary N) is 2. The molecule has 11 heteroatoms. The summed E-state index contributed by atoms with van der Waals surface area (Å²) < 4.78 is 44.3. The first-order valence-corrected chi connectivity index (χ1v) is 10.3. The van der Waals surface area contributed by atoms with E-state index in [1.54, 1.807) is 0 Å². The van der Waals surface area contributed by atoms with Crippen molar-refractivity contribution in [3.8, 4) is 5.75 Å². The number of piperidine rings is 1. The van der Waals surface area contributed by atoms with E-state index in [1.807, 2.05) is 37.3 Å². The molecule has 0 radical (unpaired) electrons. The Morgan fingerprint density at radius 3 is 2.56 bits per heavy atom. The fourth-order valence-electron chi connectivity index (χ4n) is 3.23. The Morgan fingerprint density at radius 1 is 1.19 bits per heavy atom.